The molecule has 0 saturated carbocycles. The van der Waals surface area contributed by atoms with Crippen LogP contribution in [-0.2, 0) is 11.3 Å². The highest BCUT2D eigenvalue weighted by molar-refractivity contribution is 5.61. The Morgan fingerprint density at radius 2 is 1.90 bits per heavy atom. The molecule has 4 nitrogen and oxygen atoms in total. The van der Waals surface area contributed by atoms with Gasteiger partial charge in [0.2, 0.25) is 0 Å². The predicted molar refractivity (Wildman–Crippen MR) is 79.5 cm³/mol. The number of rotatable bonds is 6. The Morgan fingerprint density at radius 3 is 2.55 bits per heavy atom. The molecule has 2 rings (SSSR count). The summed E-state index contributed by atoms with van der Waals surface area (Å²) in [5.41, 5.74) is 3.43. The van der Waals surface area contributed by atoms with E-state index in [-0.39, 0.29) is 6.10 Å². The summed E-state index contributed by atoms with van der Waals surface area (Å²) in [6.07, 6.45) is 3.36. The standard InChI is InChI=1S/C16H22N2O2/c1-12(2)20-11-16(19)10-18-9-15(8-17-18)14-6-4-13(3)5-7-14/h4-9,12,16,19H,10-11H2,1-3H3. The highest BCUT2D eigenvalue weighted by Crippen LogP contribution is 2.18. The van der Waals surface area contributed by atoms with Crippen LogP contribution < -0.4 is 0 Å². The van der Waals surface area contributed by atoms with Gasteiger partial charge in [0.05, 0.1) is 31.6 Å². The normalized spacial score (nSPS) is 12.8. The molecular formula is C16H22N2O2. The molecule has 1 aromatic heterocycles. The Hall–Kier alpha value is -1.65. The van der Waals surface area contributed by atoms with Gasteiger partial charge in [0.25, 0.3) is 0 Å². The van der Waals surface area contributed by atoms with E-state index in [0.29, 0.717) is 13.2 Å². The van der Waals surface area contributed by atoms with Gasteiger partial charge in [-0.3, -0.25) is 4.68 Å². The van der Waals surface area contributed by atoms with Crippen molar-refractivity contribution in [3.8, 4) is 11.1 Å². The van der Waals surface area contributed by atoms with Crippen molar-refractivity contribution in [3.05, 3.63) is 42.2 Å². The van der Waals surface area contributed by atoms with E-state index in [4.69, 9.17) is 4.74 Å². The van der Waals surface area contributed by atoms with Crippen LogP contribution in [0.4, 0.5) is 0 Å². The molecule has 0 aliphatic rings. The molecule has 4 heteroatoms. The number of ether oxygens (including phenoxy) is 1. The van der Waals surface area contributed by atoms with Crippen molar-refractivity contribution < 1.29 is 9.84 Å². The van der Waals surface area contributed by atoms with Crippen molar-refractivity contribution in [3.63, 3.8) is 0 Å². The molecule has 0 saturated heterocycles. The van der Waals surface area contributed by atoms with Crippen molar-refractivity contribution in [1.82, 2.24) is 9.78 Å². The van der Waals surface area contributed by atoms with E-state index in [1.807, 2.05) is 26.2 Å². The Labute approximate surface area is 120 Å². The fourth-order valence-electron chi connectivity index (χ4n) is 1.93. The number of benzene rings is 1. The molecule has 1 heterocycles. The molecule has 1 atom stereocenters. The zero-order valence-corrected chi connectivity index (χ0v) is 12.3. The van der Waals surface area contributed by atoms with Gasteiger partial charge in [-0.1, -0.05) is 29.8 Å². The number of aromatic nitrogens is 2. The van der Waals surface area contributed by atoms with Crippen molar-refractivity contribution in [2.45, 2.75) is 39.5 Å². The smallest absolute Gasteiger partial charge is 0.0969 e. The van der Waals surface area contributed by atoms with Crippen LogP contribution in [0.3, 0.4) is 0 Å². The van der Waals surface area contributed by atoms with Gasteiger partial charge in [-0.25, -0.2) is 0 Å². The molecular weight excluding hydrogens is 252 g/mol. The van der Waals surface area contributed by atoms with Crippen LogP contribution in [0.1, 0.15) is 19.4 Å². The Bertz CT molecular complexity index is 532. The van der Waals surface area contributed by atoms with E-state index >= 15 is 0 Å². The summed E-state index contributed by atoms with van der Waals surface area (Å²) in [6, 6.07) is 8.32. The lowest BCUT2D eigenvalue weighted by Gasteiger charge is -2.13. The summed E-state index contributed by atoms with van der Waals surface area (Å²) >= 11 is 0. The van der Waals surface area contributed by atoms with E-state index in [0.717, 1.165) is 11.1 Å². The van der Waals surface area contributed by atoms with Crippen molar-refractivity contribution in [2.24, 2.45) is 0 Å². The van der Waals surface area contributed by atoms with Crippen LogP contribution in [0.2, 0.25) is 0 Å². The quantitative estimate of drug-likeness (QED) is 0.881. The van der Waals surface area contributed by atoms with Crippen LogP contribution in [0.5, 0.6) is 0 Å². The predicted octanol–water partition coefficient (Wildman–Crippen LogP) is 2.64. The Morgan fingerprint density at radius 1 is 1.20 bits per heavy atom. The molecule has 0 aliphatic carbocycles. The highest BCUT2D eigenvalue weighted by atomic mass is 16.5. The number of hydrogen-bond donors (Lipinski definition) is 1. The second-order valence-electron chi connectivity index (χ2n) is 5.35. The molecule has 0 radical (unpaired) electrons. The first kappa shape index (κ1) is 14.8. The van der Waals surface area contributed by atoms with Crippen molar-refractivity contribution in [2.75, 3.05) is 6.61 Å². The largest absolute Gasteiger partial charge is 0.389 e. The number of aryl methyl sites for hydroxylation is 1. The monoisotopic (exact) mass is 274 g/mol. The van der Waals surface area contributed by atoms with E-state index < -0.39 is 6.10 Å². The van der Waals surface area contributed by atoms with Crippen LogP contribution in [0.25, 0.3) is 11.1 Å². The first-order chi connectivity index (χ1) is 9.54. The van der Waals surface area contributed by atoms with Crippen LogP contribution >= 0.6 is 0 Å². The third-order valence-electron chi connectivity index (χ3n) is 3.04. The summed E-state index contributed by atoms with van der Waals surface area (Å²) in [6.45, 7) is 6.75. The maximum atomic E-state index is 9.88. The van der Waals surface area contributed by atoms with E-state index in [2.05, 4.69) is 36.3 Å². The van der Waals surface area contributed by atoms with Gasteiger partial charge in [-0.2, -0.15) is 5.10 Å². The van der Waals surface area contributed by atoms with Gasteiger partial charge in [-0.15, -0.1) is 0 Å². The molecule has 1 unspecified atom stereocenters. The zero-order chi connectivity index (χ0) is 14.5. The minimum atomic E-state index is -0.539. The summed E-state index contributed by atoms with van der Waals surface area (Å²) < 4.78 is 7.14. The fraction of sp³-hybridized carbons (Fsp3) is 0.438. The number of nitrogens with zero attached hydrogens (tertiary/aromatic N) is 2. The van der Waals surface area contributed by atoms with Gasteiger partial charge in [-0.05, 0) is 26.3 Å². The Kier molecular flexibility index (Phi) is 4.93. The Balaban J connectivity index is 1.96. The van der Waals surface area contributed by atoms with E-state index in [9.17, 15) is 5.11 Å². The molecule has 0 aliphatic heterocycles. The van der Waals surface area contributed by atoms with Crippen LogP contribution in [0.15, 0.2) is 36.7 Å². The highest BCUT2D eigenvalue weighted by Gasteiger charge is 2.08. The number of aliphatic hydroxyl groups is 1. The molecule has 0 spiro atoms. The first-order valence-electron chi connectivity index (χ1n) is 6.94. The average Bonchev–Trinajstić information content (AvgIpc) is 2.85. The topological polar surface area (TPSA) is 47.3 Å². The van der Waals surface area contributed by atoms with Gasteiger partial charge >= 0.3 is 0 Å². The van der Waals surface area contributed by atoms with E-state index in [1.165, 1.54) is 5.56 Å². The minimum absolute atomic E-state index is 0.130. The summed E-state index contributed by atoms with van der Waals surface area (Å²) in [4.78, 5) is 0. The summed E-state index contributed by atoms with van der Waals surface area (Å²) in [7, 11) is 0. The molecule has 0 amide bonds. The van der Waals surface area contributed by atoms with Crippen LogP contribution in [0, 0.1) is 6.92 Å². The molecule has 1 aromatic carbocycles. The number of hydrogen-bond acceptors (Lipinski definition) is 3. The van der Waals surface area contributed by atoms with Crippen LogP contribution in [-0.4, -0.2) is 33.7 Å². The zero-order valence-electron chi connectivity index (χ0n) is 12.3. The van der Waals surface area contributed by atoms with Crippen molar-refractivity contribution >= 4 is 0 Å². The molecule has 0 bridgehead atoms. The lowest BCUT2D eigenvalue weighted by atomic mass is 10.1. The second kappa shape index (κ2) is 6.68. The maximum Gasteiger partial charge on any atom is 0.0969 e. The molecule has 2 aromatic rings. The van der Waals surface area contributed by atoms with Gasteiger partial charge in [0.15, 0.2) is 0 Å². The maximum absolute atomic E-state index is 9.88. The molecule has 20 heavy (non-hydrogen) atoms. The van der Waals surface area contributed by atoms with Gasteiger partial charge in [0, 0.05) is 11.8 Å². The third-order valence-corrected chi connectivity index (χ3v) is 3.04. The fourth-order valence-corrected chi connectivity index (χ4v) is 1.93. The average molecular weight is 274 g/mol. The first-order valence-corrected chi connectivity index (χ1v) is 6.94. The number of aliphatic hydroxyl groups excluding tert-OH is 1. The SMILES string of the molecule is Cc1ccc(-c2cnn(CC(O)COC(C)C)c2)cc1. The lowest BCUT2D eigenvalue weighted by molar-refractivity contribution is -0.00201. The van der Waals surface area contributed by atoms with Crippen molar-refractivity contribution in [1.29, 1.82) is 0 Å². The minimum Gasteiger partial charge on any atom is -0.389 e. The summed E-state index contributed by atoms with van der Waals surface area (Å²) in [5, 5.41) is 14.2. The molecule has 108 valence electrons. The molecule has 1 N–H and O–H groups in total. The summed E-state index contributed by atoms with van der Waals surface area (Å²) in [5.74, 6) is 0. The van der Waals surface area contributed by atoms with E-state index in [1.54, 1.807) is 4.68 Å². The second-order valence-corrected chi connectivity index (χ2v) is 5.35. The van der Waals surface area contributed by atoms with Gasteiger partial charge in [0.1, 0.15) is 0 Å². The third kappa shape index (κ3) is 4.18. The van der Waals surface area contributed by atoms with Gasteiger partial charge < -0.3 is 9.84 Å². The lowest BCUT2D eigenvalue weighted by Crippen LogP contribution is -2.23. The molecule has 0 fully saturated rings.